The second-order valence-corrected chi connectivity index (χ2v) is 6.20. The number of ether oxygens (including phenoxy) is 1. The minimum absolute atomic E-state index is 0. The number of halogens is 2. The Balaban J connectivity index is 0.00000192. The number of benzene rings is 2. The Labute approximate surface area is 148 Å². The third kappa shape index (κ3) is 3.99. The van der Waals surface area contributed by atoms with Crippen LogP contribution in [0.15, 0.2) is 48.5 Å². The SMILES string of the molecule is COc1cccc(Cl)c1CN1C[C@@H](N)[C@H](c2ccccc2)C1.Cl. The van der Waals surface area contributed by atoms with Gasteiger partial charge in [0, 0.05) is 42.2 Å². The van der Waals surface area contributed by atoms with E-state index in [4.69, 9.17) is 22.1 Å². The minimum Gasteiger partial charge on any atom is -0.496 e. The fourth-order valence-electron chi connectivity index (χ4n) is 3.20. The van der Waals surface area contributed by atoms with Crippen LogP contribution in [0.4, 0.5) is 0 Å². The molecule has 5 heteroatoms. The highest BCUT2D eigenvalue weighted by Gasteiger charge is 2.31. The van der Waals surface area contributed by atoms with E-state index in [2.05, 4.69) is 29.2 Å². The average Bonchev–Trinajstić information content (AvgIpc) is 2.91. The largest absolute Gasteiger partial charge is 0.496 e. The van der Waals surface area contributed by atoms with Gasteiger partial charge in [0.2, 0.25) is 0 Å². The van der Waals surface area contributed by atoms with E-state index in [-0.39, 0.29) is 18.4 Å². The van der Waals surface area contributed by atoms with Crippen LogP contribution in [0.25, 0.3) is 0 Å². The quantitative estimate of drug-likeness (QED) is 0.911. The Bertz CT molecular complexity index is 636. The molecule has 0 unspecified atom stereocenters. The van der Waals surface area contributed by atoms with Crippen LogP contribution in [0.3, 0.4) is 0 Å². The zero-order valence-electron chi connectivity index (χ0n) is 13.1. The standard InChI is InChI=1S/C18H21ClN2O.ClH/c1-22-18-9-5-8-16(19)15(18)11-21-10-14(17(20)12-21)13-6-3-2-4-7-13;/h2-9,14,17H,10-12,20H2,1H3;1H/t14-,17+;/m0./s1. The summed E-state index contributed by atoms with van der Waals surface area (Å²) < 4.78 is 5.43. The Morgan fingerprint density at radius 2 is 1.87 bits per heavy atom. The van der Waals surface area contributed by atoms with Gasteiger partial charge in [-0.3, -0.25) is 4.90 Å². The molecule has 1 heterocycles. The Morgan fingerprint density at radius 3 is 2.57 bits per heavy atom. The molecule has 2 aromatic rings. The molecular formula is C18H22Cl2N2O. The molecular weight excluding hydrogens is 331 g/mol. The molecule has 1 saturated heterocycles. The lowest BCUT2D eigenvalue weighted by molar-refractivity contribution is 0.314. The van der Waals surface area contributed by atoms with Gasteiger partial charge in [-0.05, 0) is 17.7 Å². The van der Waals surface area contributed by atoms with E-state index in [1.165, 1.54) is 5.56 Å². The molecule has 2 aromatic carbocycles. The summed E-state index contributed by atoms with van der Waals surface area (Å²) in [5.74, 6) is 1.21. The number of nitrogens with zero attached hydrogens (tertiary/aromatic N) is 1. The van der Waals surface area contributed by atoms with Crippen molar-refractivity contribution >= 4 is 24.0 Å². The van der Waals surface area contributed by atoms with Crippen molar-refractivity contribution in [1.29, 1.82) is 0 Å². The summed E-state index contributed by atoms with van der Waals surface area (Å²) in [5, 5.41) is 0.746. The third-order valence-corrected chi connectivity index (χ3v) is 4.70. The summed E-state index contributed by atoms with van der Waals surface area (Å²) in [4.78, 5) is 2.35. The predicted octanol–water partition coefficient (Wildman–Crippen LogP) is 3.70. The molecule has 0 bridgehead atoms. The van der Waals surface area contributed by atoms with E-state index in [1.807, 2.05) is 24.3 Å². The lowest BCUT2D eigenvalue weighted by Crippen LogP contribution is -2.28. The summed E-state index contributed by atoms with van der Waals surface area (Å²) in [6, 6.07) is 16.4. The molecule has 23 heavy (non-hydrogen) atoms. The van der Waals surface area contributed by atoms with Crippen molar-refractivity contribution in [1.82, 2.24) is 4.90 Å². The number of rotatable bonds is 4. The van der Waals surface area contributed by atoms with Crippen molar-refractivity contribution in [3.63, 3.8) is 0 Å². The zero-order chi connectivity index (χ0) is 15.5. The number of methoxy groups -OCH3 is 1. The predicted molar refractivity (Wildman–Crippen MR) is 97.7 cm³/mol. The maximum Gasteiger partial charge on any atom is 0.124 e. The first-order chi connectivity index (χ1) is 10.7. The first kappa shape index (κ1) is 18.1. The fraction of sp³-hybridized carbons (Fsp3) is 0.333. The Morgan fingerprint density at radius 1 is 1.13 bits per heavy atom. The first-order valence-electron chi connectivity index (χ1n) is 7.53. The van der Waals surface area contributed by atoms with Gasteiger partial charge < -0.3 is 10.5 Å². The maximum atomic E-state index is 6.36. The fourth-order valence-corrected chi connectivity index (χ4v) is 3.43. The minimum atomic E-state index is 0. The van der Waals surface area contributed by atoms with Crippen LogP contribution in [0.1, 0.15) is 17.0 Å². The number of nitrogens with two attached hydrogens (primary N) is 1. The van der Waals surface area contributed by atoms with Gasteiger partial charge in [-0.25, -0.2) is 0 Å². The van der Waals surface area contributed by atoms with Gasteiger partial charge in [-0.2, -0.15) is 0 Å². The average molecular weight is 353 g/mol. The second-order valence-electron chi connectivity index (χ2n) is 5.80. The van der Waals surface area contributed by atoms with Gasteiger partial charge >= 0.3 is 0 Å². The van der Waals surface area contributed by atoms with Gasteiger partial charge in [0.1, 0.15) is 5.75 Å². The highest BCUT2D eigenvalue weighted by atomic mass is 35.5. The van der Waals surface area contributed by atoms with Crippen molar-refractivity contribution in [2.45, 2.75) is 18.5 Å². The van der Waals surface area contributed by atoms with Crippen molar-refractivity contribution in [2.75, 3.05) is 20.2 Å². The third-order valence-electron chi connectivity index (χ3n) is 4.35. The molecule has 0 saturated carbocycles. The van der Waals surface area contributed by atoms with Gasteiger partial charge in [0.05, 0.1) is 7.11 Å². The molecule has 124 valence electrons. The lowest BCUT2D eigenvalue weighted by atomic mass is 9.95. The van der Waals surface area contributed by atoms with Crippen molar-refractivity contribution in [2.24, 2.45) is 5.73 Å². The molecule has 0 aliphatic carbocycles. The Hall–Kier alpha value is -1.26. The highest BCUT2D eigenvalue weighted by molar-refractivity contribution is 6.31. The van der Waals surface area contributed by atoms with Gasteiger partial charge in [-0.1, -0.05) is 48.0 Å². The molecule has 1 aliphatic rings. The normalized spacial score (nSPS) is 21.0. The van der Waals surface area contributed by atoms with Gasteiger partial charge in [0.25, 0.3) is 0 Å². The van der Waals surface area contributed by atoms with Crippen LogP contribution in [-0.4, -0.2) is 31.1 Å². The molecule has 1 fully saturated rings. The van der Waals surface area contributed by atoms with Crippen LogP contribution >= 0.6 is 24.0 Å². The molecule has 0 radical (unpaired) electrons. The maximum absolute atomic E-state index is 6.36. The summed E-state index contributed by atoms with van der Waals surface area (Å²) >= 11 is 6.34. The van der Waals surface area contributed by atoms with Crippen LogP contribution in [0, 0.1) is 0 Å². The van der Waals surface area contributed by atoms with Crippen LogP contribution in [0.2, 0.25) is 5.02 Å². The summed E-state index contributed by atoms with van der Waals surface area (Å²) in [6.07, 6.45) is 0. The summed E-state index contributed by atoms with van der Waals surface area (Å²) in [5.41, 5.74) is 8.70. The molecule has 3 nitrogen and oxygen atoms in total. The molecule has 1 aliphatic heterocycles. The molecule has 2 atom stereocenters. The van der Waals surface area contributed by atoms with E-state index >= 15 is 0 Å². The summed E-state index contributed by atoms with van der Waals surface area (Å²) in [6.45, 7) is 2.58. The monoisotopic (exact) mass is 352 g/mol. The molecule has 0 aromatic heterocycles. The van der Waals surface area contributed by atoms with E-state index < -0.39 is 0 Å². The highest BCUT2D eigenvalue weighted by Crippen LogP contribution is 2.32. The zero-order valence-corrected chi connectivity index (χ0v) is 14.7. The van der Waals surface area contributed by atoms with E-state index in [1.54, 1.807) is 7.11 Å². The van der Waals surface area contributed by atoms with Crippen molar-refractivity contribution in [3.8, 4) is 5.75 Å². The van der Waals surface area contributed by atoms with Gasteiger partial charge in [-0.15, -0.1) is 12.4 Å². The topological polar surface area (TPSA) is 38.5 Å². The van der Waals surface area contributed by atoms with Crippen LogP contribution in [0.5, 0.6) is 5.75 Å². The molecule has 0 amide bonds. The molecule has 0 spiro atoms. The number of hydrogen-bond acceptors (Lipinski definition) is 3. The van der Waals surface area contributed by atoms with Crippen molar-refractivity contribution < 1.29 is 4.74 Å². The van der Waals surface area contributed by atoms with Crippen molar-refractivity contribution in [3.05, 3.63) is 64.7 Å². The van der Waals surface area contributed by atoms with E-state index in [9.17, 15) is 0 Å². The van der Waals surface area contributed by atoms with E-state index in [0.29, 0.717) is 5.92 Å². The Kier molecular flexibility index (Phi) is 6.31. The number of hydrogen-bond donors (Lipinski definition) is 1. The van der Waals surface area contributed by atoms with Gasteiger partial charge in [0.15, 0.2) is 0 Å². The summed E-state index contributed by atoms with van der Waals surface area (Å²) in [7, 11) is 1.68. The molecule has 2 N–H and O–H groups in total. The lowest BCUT2D eigenvalue weighted by Gasteiger charge is -2.18. The molecule has 3 rings (SSSR count). The second kappa shape index (κ2) is 8.02. The van der Waals surface area contributed by atoms with E-state index in [0.717, 1.165) is 36.0 Å². The van der Waals surface area contributed by atoms with Crippen LogP contribution in [-0.2, 0) is 6.54 Å². The smallest absolute Gasteiger partial charge is 0.124 e. The first-order valence-corrected chi connectivity index (χ1v) is 7.91. The van der Waals surface area contributed by atoms with Crippen LogP contribution < -0.4 is 10.5 Å². The number of likely N-dealkylation sites (tertiary alicyclic amines) is 1.